The molecule has 19 heavy (non-hydrogen) atoms. The van der Waals surface area contributed by atoms with E-state index in [2.05, 4.69) is 20.3 Å². The van der Waals surface area contributed by atoms with Crippen LogP contribution in [-0.2, 0) is 0 Å². The van der Waals surface area contributed by atoms with Gasteiger partial charge in [0.2, 0.25) is 0 Å². The van der Waals surface area contributed by atoms with Gasteiger partial charge in [0.25, 0.3) is 5.56 Å². The smallest absolute Gasteiger partial charge is 0.280 e. The summed E-state index contributed by atoms with van der Waals surface area (Å²) in [5, 5.41) is 7.82. The fourth-order valence-corrected chi connectivity index (χ4v) is 1.83. The molecule has 2 aromatic heterocycles. The summed E-state index contributed by atoms with van der Waals surface area (Å²) in [7, 11) is 3.95. The first-order valence-corrected chi connectivity index (χ1v) is 5.73. The van der Waals surface area contributed by atoms with E-state index in [1.165, 1.54) is 6.33 Å². The van der Waals surface area contributed by atoms with Gasteiger partial charge in [0.1, 0.15) is 0 Å². The molecule has 0 spiro atoms. The highest BCUT2D eigenvalue weighted by atomic mass is 16.1. The van der Waals surface area contributed by atoms with Crippen molar-refractivity contribution in [3.05, 3.63) is 40.9 Å². The van der Waals surface area contributed by atoms with Gasteiger partial charge in [0, 0.05) is 19.8 Å². The Balaban J connectivity index is 2.14. The van der Waals surface area contributed by atoms with Crippen LogP contribution < -0.4 is 10.5 Å². The predicted octanol–water partition coefficient (Wildman–Crippen LogP) is 0.570. The molecule has 0 atom stereocenters. The van der Waals surface area contributed by atoms with Gasteiger partial charge in [0.05, 0.1) is 12.0 Å². The van der Waals surface area contributed by atoms with E-state index in [0.717, 1.165) is 11.4 Å². The van der Waals surface area contributed by atoms with E-state index in [-0.39, 0.29) is 11.1 Å². The summed E-state index contributed by atoms with van der Waals surface area (Å²) in [5.41, 5.74) is 2.28. The Bertz CT molecular complexity index is 771. The average Bonchev–Trinajstić information content (AvgIpc) is 2.84. The minimum absolute atomic E-state index is 0.235. The number of aromatic amines is 1. The molecular weight excluding hydrogens is 244 g/mol. The van der Waals surface area contributed by atoms with Gasteiger partial charge >= 0.3 is 0 Å². The minimum atomic E-state index is -0.291. The SMILES string of the molecule is CN(C)c1ccc(-n2nnc3c(=O)[nH]cnc32)cc1. The van der Waals surface area contributed by atoms with E-state index in [9.17, 15) is 4.79 Å². The molecule has 0 saturated carbocycles. The molecule has 0 bridgehead atoms. The second-order valence-electron chi connectivity index (χ2n) is 4.32. The van der Waals surface area contributed by atoms with Crippen LogP contribution in [0.25, 0.3) is 16.9 Å². The first-order valence-electron chi connectivity index (χ1n) is 5.73. The highest BCUT2D eigenvalue weighted by Gasteiger charge is 2.10. The average molecular weight is 256 g/mol. The van der Waals surface area contributed by atoms with Crippen LogP contribution in [0.1, 0.15) is 0 Å². The standard InChI is InChI=1S/C12H12N6O/c1-17(2)8-3-5-9(6-4-8)18-11-10(15-16-18)12(19)14-7-13-11/h3-7H,1-2H3,(H,13,14,19). The number of fused-ring (bicyclic) bond motifs is 1. The van der Waals surface area contributed by atoms with Crippen molar-refractivity contribution >= 4 is 16.9 Å². The van der Waals surface area contributed by atoms with E-state index >= 15 is 0 Å². The van der Waals surface area contributed by atoms with E-state index in [4.69, 9.17) is 0 Å². The minimum Gasteiger partial charge on any atom is -0.378 e. The van der Waals surface area contributed by atoms with E-state index in [1.54, 1.807) is 4.68 Å². The Morgan fingerprint density at radius 1 is 1.21 bits per heavy atom. The molecule has 0 unspecified atom stereocenters. The third-order valence-electron chi connectivity index (χ3n) is 2.85. The molecule has 3 rings (SSSR count). The largest absolute Gasteiger partial charge is 0.378 e. The van der Waals surface area contributed by atoms with Crippen LogP contribution in [0, 0.1) is 0 Å². The second-order valence-corrected chi connectivity index (χ2v) is 4.32. The number of nitrogens with one attached hydrogen (secondary N) is 1. The zero-order chi connectivity index (χ0) is 13.4. The highest BCUT2D eigenvalue weighted by Crippen LogP contribution is 2.16. The first kappa shape index (κ1) is 11.4. The third-order valence-corrected chi connectivity index (χ3v) is 2.85. The lowest BCUT2D eigenvalue weighted by atomic mass is 10.2. The van der Waals surface area contributed by atoms with Gasteiger partial charge < -0.3 is 9.88 Å². The molecule has 1 aromatic carbocycles. The Labute approximate surface area is 108 Å². The summed E-state index contributed by atoms with van der Waals surface area (Å²) in [6, 6.07) is 7.75. The number of nitrogens with zero attached hydrogens (tertiary/aromatic N) is 5. The lowest BCUT2D eigenvalue weighted by Crippen LogP contribution is -2.09. The van der Waals surface area contributed by atoms with Gasteiger partial charge in [-0.25, -0.2) is 4.98 Å². The van der Waals surface area contributed by atoms with Crippen molar-refractivity contribution in [1.29, 1.82) is 0 Å². The van der Waals surface area contributed by atoms with Crippen molar-refractivity contribution in [3.63, 3.8) is 0 Å². The van der Waals surface area contributed by atoms with Crippen molar-refractivity contribution in [3.8, 4) is 5.69 Å². The summed E-state index contributed by atoms with van der Waals surface area (Å²) >= 11 is 0. The highest BCUT2D eigenvalue weighted by molar-refractivity contribution is 5.70. The summed E-state index contributed by atoms with van der Waals surface area (Å²) in [6.07, 6.45) is 1.35. The van der Waals surface area contributed by atoms with Crippen LogP contribution >= 0.6 is 0 Å². The number of hydrogen-bond acceptors (Lipinski definition) is 5. The zero-order valence-corrected chi connectivity index (χ0v) is 10.5. The number of H-pyrrole nitrogens is 1. The first-order chi connectivity index (χ1) is 9.16. The molecule has 96 valence electrons. The summed E-state index contributed by atoms with van der Waals surface area (Å²) in [5.74, 6) is 0. The van der Waals surface area contributed by atoms with Crippen LogP contribution in [0.5, 0.6) is 0 Å². The molecule has 7 heteroatoms. The number of aromatic nitrogens is 5. The van der Waals surface area contributed by atoms with E-state index in [0.29, 0.717) is 5.65 Å². The fraction of sp³-hybridized carbons (Fsp3) is 0.167. The molecule has 3 aromatic rings. The van der Waals surface area contributed by atoms with E-state index < -0.39 is 0 Å². The molecule has 0 aliphatic rings. The monoisotopic (exact) mass is 256 g/mol. The zero-order valence-electron chi connectivity index (χ0n) is 10.5. The molecule has 0 saturated heterocycles. The van der Waals surface area contributed by atoms with Crippen LogP contribution in [0.2, 0.25) is 0 Å². The second kappa shape index (κ2) is 4.20. The molecule has 0 aliphatic carbocycles. The topological polar surface area (TPSA) is 79.7 Å². The van der Waals surface area contributed by atoms with Crippen LogP contribution in [0.4, 0.5) is 5.69 Å². The molecule has 0 amide bonds. The Morgan fingerprint density at radius 3 is 2.63 bits per heavy atom. The van der Waals surface area contributed by atoms with Gasteiger partial charge in [-0.15, -0.1) is 5.10 Å². The van der Waals surface area contributed by atoms with Gasteiger partial charge in [-0.3, -0.25) is 4.79 Å². The molecule has 0 radical (unpaired) electrons. The molecule has 0 fully saturated rings. The summed E-state index contributed by atoms with van der Waals surface area (Å²) in [6.45, 7) is 0. The van der Waals surface area contributed by atoms with Crippen molar-refractivity contribution in [2.24, 2.45) is 0 Å². The lowest BCUT2D eigenvalue weighted by Gasteiger charge is -2.12. The molecular formula is C12H12N6O. The maximum absolute atomic E-state index is 11.5. The quantitative estimate of drug-likeness (QED) is 0.725. The maximum Gasteiger partial charge on any atom is 0.280 e. The van der Waals surface area contributed by atoms with Crippen LogP contribution in [0.15, 0.2) is 35.4 Å². The van der Waals surface area contributed by atoms with Gasteiger partial charge in [0.15, 0.2) is 11.2 Å². The maximum atomic E-state index is 11.5. The molecule has 7 nitrogen and oxygen atoms in total. The van der Waals surface area contributed by atoms with Crippen LogP contribution in [0.3, 0.4) is 0 Å². The van der Waals surface area contributed by atoms with Crippen molar-refractivity contribution < 1.29 is 0 Å². The van der Waals surface area contributed by atoms with Gasteiger partial charge in [-0.2, -0.15) is 4.68 Å². The fourth-order valence-electron chi connectivity index (χ4n) is 1.83. The molecule has 2 heterocycles. The molecule has 1 N–H and O–H groups in total. The van der Waals surface area contributed by atoms with E-state index in [1.807, 2.05) is 43.3 Å². The predicted molar refractivity (Wildman–Crippen MR) is 71.6 cm³/mol. The number of anilines is 1. The number of hydrogen-bond donors (Lipinski definition) is 1. The Hall–Kier alpha value is -2.70. The van der Waals surface area contributed by atoms with Crippen LogP contribution in [-0.4, -0.2) is 39.1 Å². The summed E-state index contributed by atoms with van der Waals surface area (Å²) in [4.78, 5) is 20.1. The van der Waals surface area contributed by atoms with Crippen molar-refractivity contribution in [2.45, 2.75) is 0 Å². The normalized spacial score (nSPS) is 10.8. The number of rotatable bonds is 2. The van der Waals surface area contributed by atoms with Crippen molar-refractivity contribution in [2.75, 3.05) is 19.0 Å². The molecule has 0 aliphatic heterocycles. The third kappa shape index (κ3) is 1.85. The summed E-state index contributed by atoms with van der Waals surface area (Å²) < 4.78 is 1.55. The van der Waals surface area contributed by atoms with Gasteiger partial charge in [-0.1, -0.05) is 5.21 Å². The van der Waals surface area contributed by atoms with Gasteiger partial charge in [-0.05, 0) is 24.3 Å². The number of benzene rings is 1. The van der Waals surface area contributed by atoms with Crippen molar-refractivity contribution in [1.82, 2.24) is 25.0 Å². The Kier molecular flexibility index (Phi) is 2.52. The Morgan fingerprint density at radius 2 is 1.95 bits per heavy atom. The lowest BCUT2D eigenvalue weighted by molar-refractivity contribution is 0.817.